The molecule has 0 radical (unpaired) electrons. The second-order valence-corrected chi connectivity index (χ2v) is 7.13. The minimum Gasteiger partial charge on any atom is -0.489 e. The largest absolute Gasteiger partial charge is 0.489 e. The van der Waals surface area contributed by atoms with Gasteiger partial charge in [-0.25, -0.2) is 0 Å². The molecule has 1 fully saturated rings. The summed E-state index contributed by atoms with van der Waals surface area (Å²) in [5.74, 6) is 2.24. The minimum absolute atomic E-state index is 0.0182. The highest BCUT2D eigenvalue weighted by Gasteiger charge is 2.27. The summed E-state index contributed by atoms with van der Waals surface area (Å²) in [5, 5.41) is 8.42. The fourth-order valence-electron chi connectivity index (χ4n) is 3.23. The summed E-state index contributed by atoms with van der Waals surface area (Å²) in [6.07, 6.45) is 5.20. The molecule has 2 heterocycles. The van der Waals surface area contributed by atoms with Gasteiger partial charge in [-0.15, -0.1) is 0 Å². The van der Waals surface area contributed by atoms with Gasteiger partial charge in [-0.2, -0.15) is 5.10 Å². The molecule has 140 valence electrons. The Morgan fingerprint density at radius 3 is 2.85 bits per heavy atom. The van der Waals surface area contributed by atoms with Crippen LogP contribution in [0.5, 0.6) is 5.75 Å². The third-order valence-corrected chi connectivity index (χ3v) is 4.85. The molecule has 1 aromatic carbocycles. The second kappa shape index (κ2) is 8.45. The van der Waals surface area contributed by atoms with Crippen molar-refractivity contribution in [2.75, 3.05) is 26.7 Å². The summed E-state index contributed by atoms with van der Waals surface area (Å²) in [6.45, 7) is 4.67. The number of nitrogens with one attached hydrogen (secondary N) is 1. The number of rotatable bonds is 5. The molecule has 0 aliphatic carbocycles. The van der Waals surface area contributed by atoms with Crippen LogP contribution in [-0.2, 0) is 7.05 Å². The fraction of sp³-hybridized carbons (Fsp3) is 0.474. The van der Waals surface area contributed by atoms with Gasteiger partial charge >= 0.3 is 0 Å². The van der Waals surface area contributed by atoms with Crippen LogP contribution in [0.15, 0.2) is 41.7 Å². The molecule has 7 heteroatoms. The Balaban J connectivity index is 1.49. The highest BCUT2D eigenvalue weighted by molar-refractivity contribution is 6.30. The van der Waals surface area contributed by atoms with Gasteiger partial charge < -0.3 is 15.0 Å². The maximum Gasteiger partial charge on any atom is 0.193 e. The van der Waals surface area contributed by atoms with Crippen LogP contribution in [0.1, 0.15) is 24.8 Å². The van der Waals surface area contributed by atoms with Crippen LogP contribution >= 0.6 is 11.6 Å². The summed E-state index contributed by atoms with van der Waals surface area (Å²) in [5.41, 5.74) is 1.30. The molecule has 0 saturated carbocycles. The SMILES string of the molecule is CN=C(NCC(C)Oc1ccc(Cl)cc1)N1CCC(c2cnn(C)c2)C1. The Morgan fingerprint density at radius 2 is 2.19 bits per heavy atom. The molecule has 1 saturated heterocycles. The van der Waals surface area contributed by atoms with Gasteiger partial charge in [0, 0.05) is 44.3 Å². The molecule has 1 aliphatic rings. The molecule has 1 N–H and O–H groups in total. The lowest BCUT2D eigenvalue weighted by Gasteiger charge is -2.23. The number of hydrogen-bond acceptors (Lipinski definition) is 3. The molecule has 0 spiro atoms. The molecule has 2 aromatic rings. The summed E-state index contributed by atoms with van der Waals surface area (Å²) in [7, 11) is 3.78. The van der Waals surface area contributed by atoms with Crippen molar-refractivity contribution >= 4 is 17.6 Å². The normalized spacial score (nSPS) is 18.8. The van der Waals surface area contributed by atoms with Crippen LogP contribution in [0.25, 0.3) is 0 Å². The number of guanidine groups is 1. The molecule has 1 aromatic heterocycles. The van der Waals surface area contributed by atoms with Crippen molar-refractivity contribution in [1.82, 2.24) is 20.0 Å². The molecule has 2 unspecified atom stereocenters. The van der Waals surface area contributed by atoms with Gasteiger partial charge in [0.2, 0.25) is 0 Å². The second-order valence-electron chi connectivity index (χ2n) is 6.69. The standard InChI is InChI=1S/C19H26ClN5O/c1-14(26-18-6-4-17(20)5-7-18)10-22-19(21-2)25-9-8-15(13-25)16-11-23-24(3)12-16/h4-7,11-12,14-15H,8-10,13H2,1-3H3,(H,21,22). The van der Waals surface area contributed by atoms with Crippen molar-refractivity contribution < 1.29 is 4.74 Å². The molecule has 3 rings (SSSR count). The van der Waals surface area contributed by atoms with Crippen molar-refractivity contribution in [2.24, 2.45) is 12.0 Å². The van der Waals surface area contributed by atoms with E-state index in [1.165, 1.54) is 5.56 Å². The number of benzene rings is 1. The Kier molecular flexibility index (Phi) is 6.04. The van der Waals surface area contributed by atoms with Crippen molar-refractivity contribution in [3.05, 3.63) is 47.2 Å². The topological polar surface area (TPSA) is 54.7 Å². The third kappa shape index (κ3) is 4.69. The van der Waals surface area contributed by atoms with Crippen molar-refractivity contribution in [1.29, 1.82) is 0 Å². The van der Waals surface area contributed by atoms with Gasteiger partial charge in [0.25, 0.3) is 0 Å². The van der Waals surface area contributed by atoms with Crippen molar-refractivity contribution in [3.8, 4) is 5.75 Å². The lowest BCUT2D eigenvalue weighted by molar-refractivity contribution is 0.222. The van der Waals surface area contributed by atoms with E-state index < -0.39 is 0 Å². The van der Waals surface area contributed by atoms with Gasteiger partial charge in [-0.05, 0) is 43.2 Å². The van der Waals surface area contributed by atoms with E-state index in [1.807, 2.05) is 56.2 Å². The lowest BCUT2D eigenvalue weighted by atomic mass is 10.0. The van der Waals surface area contributed by atoms with E-state index in [9.17, 15) is 0 Å². The van der Waals surface area contributed by atoms with E-state index in [-0.39, 0.29) is 6.10 Å². The van der Waals surface area contributed by atoms with Crippen LogP contribution in [-0.4, -0.2) is 53.4 Å². The summed E-state index contributed by atoms with van der Waals surface area (Å²) in [6, 6.07) is 7.43. The number of likely N-dealkylation sites (tertiary alicyclic amines) is 1. The number of nitrogens with zero attached hydrogens (tertiary/aromatic N) is 4. The Bertz CT molecular complexity index is 743. The zero-order valence-electron chi connectivity index (χ0n) is 15.5. The predicted molar refractivity (Wildman–Crippen MR) is 105 cm³/mol. The maximum atomic E-state index is 5.91. The quantitative estimate of drug-likeness (QED) is 0.645. The van der Waals surface area contributed by atoms with Crippen LogP contribution in [0.4, 0.5) is 0 Å². The first kappa shape index (κ1) is 18.6. The summed E-state index contributed by atoms with van der Waals surface area (Å²) >= 11 is 5.91. The van der Waals surface area contributed by atoms with Gasteiger partial charge in [0.1, 0.15) is 11.9 Å². The van der Waals surface area contributed by atoms with E-state index in [1.54, 1.807) is 0 Å². The van der Waals surface area contributed by atoms with Crippen molar-refractivity contribution in [3.63, 3.8) is 0 Å². The van der Waals surface area contributed by atoms with Crippen LogP contribution < -0.4 is 10.1 Å². The lowest BCUT2D eigenvalue weighted by Crippen LogP contribution is -2.43. The van der Waals surface area contributed by atoms with E-state index in [2.05, 4.69) is 26.5 Å². The molecule has 2 atom stereocenters. The number of ether oxygens (including phenoxy) is 1. The first-order valence-corrected chi connectivity index (χ1v) is 9.29. The van der Waals surface area contributed by atoms with Crippen LogP contribution in [0.2, 0.25) is 5.02 Å². The first-order chi connectivity index (χ1) is 12.5. The zero-order valence-corrected chi connectivity index (χ0v) is 16.3. The molecule has 6 nitrogen and oxygen atoms in total. The van der Waals surface area contributed by atoms with Gasteiger partial charge in [0.15, 0.2) is 5.96 Å². The number of hydrogen-bond donors (Lipinski definition) is 1. The summed E-state index contributed by atoms with van der Waals surface area (Å²) < 4.78 is 7.78. The van der Waals surface area contributed by atoms with Gasteiger partial charge in [-0.3, -0.25) is 9.67 Å². The monoisotopic (exact) mass is 375 g/mol. The number of aliphatic imine (C=N–C) groups is 1. The third-order valence-electron chi connectivity index (χ3n) is 4.59. The average molecular weight is 376 g/mol. The highest BCUT2D eigenvalue weighted by Crippen LogP contribution is 2.26. The predicted octanol–water partition coefficient (Wildman–Crippen LogP) is 2.91. The van der Waals surface area contributed by atoms with E-state index in [4.69, 9.17) is 16.3 Å². The number of halogens is 1. The highest BCUT2D eigenvalue weighted by atomic mass is 35.5. The maximum absolute atomic E-state index is 5.91. The average Bonchev–Trinajstić information content (AvgIpc) is 3.27. The number of aromatic nitrogens is 2. The smallest absolute Gasteiger partial charge is 0.193 e. The summed E-state index contributed by atoms with van der Waals surface area (Å²) in [4.78, 5) is 6.73. The van der Waals surface area contributed by atoms with Crippen LogP contribution in [0.3, 0.4) is 0 Å². The fourth-order valence-corrected chi connectivity index (χ4v) is 3.36. The van der Waals surface area contributed by atoms with Gasteiger partial charge in [-0.1, -0.05) is 11.6 Å². The van der Waals surface area contributed by atoms with Crippen molar-refractivity contribution in [2.45, 2.75) is 25.4 Å². The van der Waals surface area contributed by atoms with E-state index >= 15 is 0 Å². The molecular weight excluding hydrogens is 350 g/mol. The first-order valence-electron chi connectivity index (χ1n) is 8.91. The van der Waals surface area contributed by atoms with Crippen LogP contribution in [0, 0.1) is 0 Å². The van der Waals surface area contributed by atoms with E-state index in [0.29, 0.717) is 17.5 Å². The Hall–Kier alpha value is -2.21. The Morgan fingerprint density at radius 1 is 1.42 bits per heavy atom. The zero-order chi connectivity index (χ0) is 18.5. The molecule has 26 heavy (non-hydrogen) atoms. The molecule has 0 bridgehead atoms. The number of aryl methyl sites for hydroxylation is 1. The Labute approximate surface area is 159 Å². The molecular formula is C19H26ClN5O. The van der Waals surface area contributed by atoms with Gasteiger partial charge in [0.05, 0.1) is 12.7 Å². The van der Waals surface area contributed by atoms with E-state index in [0.717, 1.165) is 31.2 Å². The molecule has 0 amide bonds. The minimum atomic E-state index is 0.0182. The molecule has 1 aliphatic heterocycles.